The average Bonchev–Trinajstić information content (AvgIpc) is 2.63. The molecule has 122 valence electrons. The molecule has 0 saturated carbocycles. The van der Waals surface area contributed by atoms with Gasteiger partial charge in [0.15, 0.2) is 0 Å². The standard InChI is InChI=1S/C18H23N3O2/c19-14-16-1-3-17(4-2-16)20-7-5-15(6-8-20)13-18(22)21-9-11-23-12-10-21/h1-4,15H,5-13H2. The molecule has 1 aromatic carbocycles. The van der Waals surface area contributed by atoms with Gasteiger partial charge in [-0.3, -0.25) is 4.79 Å². The van der Waals surface area contributed by atoms with E-state index in [2.05, 4.69) is 11.0 Å². The Labute approximate surface area is 137 Å². The predicted octanol–water partition coefficient (Wildman–Crippen LogP) is 2.02. The lowest BCUT2D eigenvalue weighted by Gasteiger charge is -2.35. The fourth-order valence-electron chi connectivity index (χ4n) is 3.33. The maximum atomic E-state index is 12.3. The Morgan fingerprint density at radius 3 is 2.39 bits per heavy atom. The van der Waals surface area contributed by atoms with Crippen molar-refractivity contribution in [3.8, 4) is 6.07 Å². The van der Waals surface area contributed by atoms with Gasteiger partial charge in [-0.2, -0.15) is 5.26 Å². The van der Waals surface area contributed by atoms with Gasteiger partial charge in [-0.15, -0.1) is 0 Å². The van der Waals surface area contributed by atoms with Gasteiger partial charge in [0.05, 0.1) is 24.8 Å². The van der Waals surface area contributed by atoms with Crippen molar-refractivity contribution in [2.45, 2.75) is 19.3 Å². The molecule has 0 N–H and O–H groups in total. The number of nitriles is 1. The van der Waals surface area contributed by atoms with Gasteiger partial charge in [-0.1, -0.05) is 0 Å². The molecule has 2 saturated heterocycles. The summed E-state index contributed by atoms with van der Waals surface area (Å²) in [6, 6.07) is 9.90. The van der Waals surface area contributed by atoms with Crippen molar-refractivity contribution in [2.75, 3.05) is 44.3 Å². The van der Waals surface area contributed by atoms with E-state index in [1.165, 1.54) is 5.69 Å². The molecule has 0 atom stereocenters. The second-order valence-electron chi connectivity index (χ2n) is 6.29. The number of carbonyl (C=O) groups excluding carboxylic acids is 1. The highest BCUT2D eigenvalue weighted by Gasteiger charge is 2.24. The van der Waals surface area contributed by atoms with Crippen LogP contribution < -0.4 is 4.90 Å². The van der Waals surface area contributed by atoms with Crippen molar-refractivity contribution >= 4 is 11.6 Å². The minimum atomic E-state index is 0.283. The van der Waals surface area contributed by atoms with E-state index < -0.39 is 0 Å². The minimum Gasteiger partial charge on any atom is -0.378 e. The van der Waals surface area contributed by atoms with Crippen LogP contribution >= 0.6 is 0 Å². The summed E-state index contributed by atoms with van der Waals surface area (Å²) < 4.78 is 5.30. The summed E-state index contributed by atoms with van der Waals surface area (Å²) in [7, 11) is 0. The van der Waals surface area contributed by atoms with E-state index in [-0.39, 0.29) is 5.91 Å². The molecule has 1 amide bonds. The molecule has 2 aliphatic rings. The first-order chi connectivity index (χ1) is 11.3. The van der Waals surface area contributed by atoms with Crippen molar-refractivity contribution in [3.63, 3.8) is 0 Å². The maximum absolute atomic E-state index is 12.3. The van der Waals surface area contributed by atoms with Gasteiger partial charge in [0, 0.05) is 38.3 Å². The number of ether oxygens (including phenoxy) is 1. The molecule has 1 aromatic rings. The number of amides is 1. The first kappa shape index (κ1) is 15.8. The Bertz CT molecular complexity index is 565. The molecular formula is C18H23N3O2. The molecule has 0 unspecified atom stereocenters. The number of benzene rings is 1. The summed E-state index contributed by atoms with van der Waals surface area (Å²) in [6.07, 6.45) is 2.77. The quantitative estimate of drug-likeness (QED) is 0.857. The molecule has 0 aliphatic carbocycles. The molecule has 3 rings (SSSR count). The monoisotopic (exact) mass is 313 g/mol. The summed E-state index contributed by atoms with van der Waals surface area (Å²) in [4.78, 5) is 16.6. The molecule has 0 spiro atoms. The van der Waals surface area contributed by atoms with E-state index >= 15 is 0 Å². The lowest BCUT2D eigenvalue weighted by atomic mass is 9.92. The highest BCUT2D eigenvalue weighted by atomic mass is 16.5. The summed E-state index contributed by atoms with van der Waals surface area (Å²) >= 11 is 0. The molecule has 0 bridgehead atoms. The number of hydrogen-bond donors (Lipinski definition) is 0. The summed E-state index contributed by atoms with van der Waals surface area (Å²) in [5.41, 5.74) is 1.86. The molecule has 23 heavy (non-hydrogen) atoms. The van der Waals surface area contributed by atoms with E-state index in [4.69, 9.17) is 10.00 Å². The van der Waals surface area contributed by atoms with Crippen molar-refractivity contribution in [2.24, 2.45) is 5.92 Å². The smallest absolute Gasteiger partial charge is 0.223 e. The predicted molar refractivity (Wildman–Crippen MR) is 88.1 cm³/mol. The molecule has 0 aromatic heterocycles. The van der Waals surface area contributed by atoms with Crippen LogP contribution in [0, 0.1) is 17.2 Å². The van der Waals surface area contributed by atoms with Gasteiger partial charge in [0.1, 0.15) is 0 Å². The number of rotatable bonds is 3. The first-order valence-corrected chi connectivity index (χ1v) is 8.37. The van der Waals surface area contributed by atoms with Crippen LogP contribution in [0.15, 0.2) is 24.3 Å². The van der Waals surface area contributed by atoms with E-state index in [1.54, 1.807) is 0 Å². The van der Waals surface area contributed by atoms with Crippen LogP contribution in [0.2, 0.25) is 0 Å². The third-order valence-electron chi connectivity index (χ3n) is 4.80. The fraction of sp³-hybridized carbons (Fsp3) is 0.556. The minimum absolute atomic E-state index is 0.283. The topological polar surface area (TPSA) is 56.6 Å². The average molecular weight is 313 g/mol. The summed E-state index contributed by atoms with van der Waals surface area (Å²) in [5, 5.41) is 8.86. The van der Waals surface area contributed by atoms with Gasteiger partial charge in [0.25, 0.3) is 0 Å². The van der Waals surface area contributed by atoms with Crippen molar-refractivity contribution < 1.29 is 9.53 Å². The van der Waals surface area contributed by atoms with Gasteiger partial charge in [-0.25, -0.2) is 0 Å². The third kappa shape index (κ3) is 4.02. The summed E-state index contributed by atoms with van der Waals surface area (Å²) in [6.45, 7) is 4.78. The van der Waals surface area contributed by atoms with Crippen LogP contribution in [-0.4, -0.2) is 50.2 Å². The molecular weight excluding hydrogens is 290 g/mol. The number of anilines is 1. The lowest BCUT2D eigenvalue weighted by Crippen LogP contribution is -2.42. The first-order valence-electron chi connectivity index (χ1n) is 8.37. The van der Waals surface area contributed by atoms with Gasteiger partial charge in [-0.05, 0) is 43.0 Å². The Hall–Kier alpha value is -2.06. The largest absolute Gasteiger partial charge is 0.378 e. The molecule has 2 fully saturated rings. The SMILES string of the molecule is N#Cc1ccc(N2CCC(CC(=O)N3CCOCC3)CC2)cc1. The Balaban J connectivity index is 1.48. The zero-order valence-electron chi connectivity index (χ0n) is 13.4. The van der Waals surface area contributed by atoms with Crippen LogP contribution in [0.3, 0.4) is 0 Å². The van der Waals surface area contributed by atoms with Crippen molar-refractivity contribution in [3.05, 3.63) is 29.8 Å². The molecule has 0 radical (unpaired) electrons. The second kappa shape index (κ2) is 7.47. The van der Waals surface area contributed by atoms with Gasteiger partial charge < -0.3 is 14.5 Å². The van der Waals surface area contributed by atoms with Crippen LogP contribution in [0.4, 0.5) is 5.69 Å². The zero-order chi connectivity index (χ0) is 16.1. The summed E-state index contributed by atoms with van der Waals surface area (Å²) in [5.74, 6) is 0.769. The second-order valence-corrected chi connectivity index (χ2v) is 6.29. The normalized spacial score (nSPS) is 19.4. The van der Waals surface area contributed by atoms with Crippen LogP contribution in [0.1, 0.15) is 24.8 Å². The van der Waals surface area contributed by atoms with E-state index in [9.17, 15) is 4.79 Å². The highest BCUT2D eigenvalue weighted by Crippen LogP contribution is 2.26. The molecule has 2 heterocycles. The molecule has 2 aliphatic heterocycles. The highest BCUT2D eigenvalue weighted by molar-refractivity contribution is 5.76. The van der Waals surface area contributed by atoms with E-state index in [0.717, 1.165) is 39.0 Å². The van der Waals surface area contributed by atoms with Crippen LogP contribution in [0.25, 0.3) is 0 Å². The third-order valence-corrected chi connectivity index (χ3v) is 4.80. The maximum Gasteiger partial charge on any atom is 0.223 e. The van der Waals surface area contributed by atoms with E-state index in [1.807, 2.05) is 29.2 Å². The van der Waals surface area contributed by atoms with Gasteiger partial charge in [0.2, 0.25) is 5.91 Å². The van der Waals surface area contributed by atoms with Gasteiger partial charge >= 0.3 is 0 Å². The number of hydrogen-bond acceptors (Lipinski definition) is 4. The Morgan fingerprint density at radius 2 is 1.78 bits per heavy atom. The number of morpholine rings is 1. The number of carbonyl (C=O) groups is 1. The fourth-order valence-corrected chi connectivity index (χ4v) is 3.33. The Kier molecular flexibility index (Phi) is 5.14. The Morgan fingerprint density at radius 1 is 1.13 bits per heavy atom. The number of piperidine rings is 1. The molecule has 5 nitrogen and oxygen atoms in total. The zero-order valence-corrected chi connectivity index (χ0v) is 13.4. The van der Waals surface area contributed by atoms with Crippen LogP contribution in [0.5, 0.6) is 0 Å². The van der Waals surface area contributed by atoms with Crippen molar-refractivity contribution in [1.29, 1.82) is 5.26 Å². The number of nitrogens with zero attached hydrogens (tertiary/aromatic N) is 3. The van der Waals surface area contributed by atoms with E-state index in [0.29, 0.717) is 31.1 Å². The lowest BCUT2D eigenvalue weighted by molar-refractivity contribution is -0.136. The van der Waals surface area contributed by atoms with Crippen LogP contribution in [-0.2, 0) is 9.53 Å². The van der Waals surface area contributed by atoms with Crippen molar-refractivity contribution in [1.82, 2.24) is 4.90 Å². The molecule has 5 heteroatoms.